The lowest BCUT2D eigenvalue weighted by Gasteiger charge is -2.05. The van der Waals surface area contributed by atoms with Crippen molar-refractivity contribution < 1.29 is 23.7 Å². The molecule has 0 atom stereocenters. The summed E-state index contributed by atoms with van der Waals surface area (Å²) >= 11 is 3.28. The Morgan fingerprint density at radius 2 is 1.93 bits per heavy atom. The third-order valence-corrected chi connectivity index (χ3v) is 4.12. The lowest BCUT2D eigenvalue weighted by molar-refractivity contribution is -0.384. The first kappa shape index (κ1) is 18.5. The van der Waals surface area contributed by atoms with Gasteiger partial charge in [0.15, 0.2) is 6.61 Å². The highest BCUT2D eigenvalue weighted by Gasteiger charge is 2.18. The molecule has 0 bridgehead atoms. The van der Waals surface area contributed by atoms with Gasteiger partial charge in [-0.15, -0.1) is 0 Å². The van der Waals surface area contributed by atoms with E-state index in [0.717, 1.165) is 10.5 Å². The molecule has 1 aromatic heterocycles. The summed E-state index contributed by atoms with van der Waals surface area (Å²) in [5, 5.41) is 11.3. The first-order chi connectivity index (χ1) is 12.8. The van der Waals surface area contributed by atoms with Gasteiger partial charge in [0.1, 0.15) is 11.1 Å². The van der Waals surface area contributed by atoms with Crippen LogP contribution in [-0.2, 0) is 4.74 Å². The van der Waals surface area contributed by atoms with E-state index in [2.05, 4.69) is 15.9 Å². The van der Waals surface area contributed by atoms with Crippen LogP contribution in [0.2, 0.25) is 0 Å². The normalized spacial score (nSPS) is 10.6. The van der Waals surface area contributed by atoms with Crippen LogP contribution >= 0.6 is 15.9 Å². The molecule has 1 heterocycles. The number of carbonyl (C=O) groups is 2. The van der Waals surface area contributed by atoms with Crippen LogP contribution in [-0.4, -0.2) is 23.3 Å². The van der Waals surface area contributed by atoms with Crippen molar-refractivity contribution in [3.05, 3.63) is 84.7 Å². The minimum absolute atomic E-state index is 0.0199. The molecule has 3 rings (SSSR count). The van der Waals surface area contributed by atoms with Crippen molar-refractivity contribution in [2.24, 2.45) is 0 Å². The van der Waals surface area contributed by atoms with Gasteiger partial charge in [-0.3, -0.25) is 14.9 Å². The molecule has 0 fully saturated rings. The van der Waals surface area contributed by atoms with Gasteiger partial charge < -0.3 is 9.15 Å². The second-order valence-electron chi connectivity index (χ2n) is 5.44. The number of halogens is 1. The largest absolute Gasteiger partial charge is 0.453 e. The summed E-state index contributed by atoms with van der Waals surface area (Å²) in [6.45, 7) is -0.671. The van der Waals surface area contributed by atoms with Gasteiger partial charge in [0, 0.05) is 27.6 Å². The van der Waals surface area contributed by atoms with E-state index in [0.29, 0.717) is 11.0 Å². The van der Waals surface area contributed by atoms with Crippen molar-refractivity contribution in [3.63, 3.8) is 0 Å². The molecule has 0 aliphatic carbocycles. The van der Waals surface area contributed by atoms with Crippen LogP contribution in [0, 0.1) is 10.1 Å². The predicted octanol–water partition coefficient (Wildman–Crippen LogP) is 3.50. The zero-order valence-electron chi connectivity index (χ0n) is 13.5. The number of Topliss-reactive ketones (excluding diaryl/α,β-unsaturated/α-hetero) is 1. The standard InChI is InChI=1S/C18H10BrNO7/c19-12-4-5-16-11(6-12)8-14(18(23)27-16)17(22)26-9-15(21)10-2-1-3-13(7-10)20(24)25/h1-8H,9H2. The maximum absolute atomic E-state index is 12.2. The maximum Gasteiger partial charge on any atom is 0.351 e. The van der Waals surface area contributed by atoms with E-state index < -0.39 is 28.9 Å². The molecule has 27 heavy (non-hydrogen) atoms. The molecule has 0 saturated carbocycles. The van der Waals surface area contributed by atoms with Crippen LogP contribution in [0.4, 0.5) is 5.69 Å². The molecule has 0 radical (unpaired) electrons. The van der Waals surface area contributed by atoms with Crippen molar-refractivity contribution in [1.29, 1.82) is 0 Å². The quantitative estimate of drug-likeness (QED) is 0.199. The molecule has 8 nitrogen and oxygen atoms in total. The summed E-state index contributed by atoms with van der Waals surface area (Å²) in [5.74, 6) is -1.66. The zero-order valence-corrected chi connectivity index (χ0v) is 15.1. The van der Waals surface area contributed by atoms with Gasteiger partial charge in [-0.1, -0.05) is 28.1 Å². The first-order valence-electron chi connectivity index (χ1n) is 7.53. The summed E-state index contributed by atoms with van der Waals surface area (Å²) in [7, 11) is 0. The van der Waals surface area contributed by atoms with Crippen LogP contribution in [0.15, 0.2) is 62.2 Å². The smallest absolute Gasteiger partial charge is 0.351 e. The number of carbonyl (C=O) groups excluding carboxylic acids is 2. The lowest BCUT2D eigenvalue weighted by atomic mass is 10.1. The molecular formula is C18H10BrNO7. The highest BCUT2D eigenvalue weighted by Crippen LogP contribution is 2.19. The number of hydrogen-bond donors (Lipinski definition) is 0. The Hall–Kier alpha value is -3.33. The monoisotopic (exact) mass is 431 g/mol. The van der Waals surface area contributed by atoms with E-state index in [1.165, 1.54) is 24.3 Å². The minimum atomic E-state index is -1.02. The molecule has 0 aliphatic rings. The molecular weight excluding hydrogens is 422 g/mol. The third kappa shape index (κ3) is 4.09. The van der Waals surface area contributed by atoms with Gasteiger partial charge in [0.25, 0.3) is 5.69 Å². The fourth-order valence-corrected chi connectivity index (χ4v) is 2.70. The van der Waals surface area contributed by atoms with Crippen molar-refractivity contribution in [1.82, 2.24) is 0 Å². The van der Waals surface area contributed by atoms with E-state index in [1.807, 2.05) is 0 Å². The van der Waals surface area contributed by atoms with Crippen molar-refractivity contribution in [3.8, 4) is 0 Å². The number of ether oxygens (including phenoxy) is 1. The molecule has 2 aromatic carbocycles. The number of nitro groups is 1. The second-order valence-corrected chi connectivity index (χ2v) is 6.35. The average Bonchev–Trinajstić information content (AvgIpc) is 2.65. The molecule has 136 valence electrons. The minimum Gasteiger partial charge on any atom is -0.453 e. The van der Waals surface area contributed by atoms with E-state index in [4.69, 9.17) is 9.15 Å². The summed E-state index contributed by atoms with van der Waals surface area (Å²) in [6.07, 6.45) is 0. The summed E-state index contributed by atoms with van der Waals surface area (Å²) in [5.41, 5.74) is -1.18. The number of rotatable bonds is 5. The molecule has 9 heteroatoms. The SMILES string of the molecule is O=C(COC(=O)c1cc2cc(Br)ccc2oc1=O)c1cccc([N+](=O)[O-])c1. The van der Waals surface area contributed by atoms with Crippen molar-refractivity contribution in [2.75, 3.05) is 6.61 Å². The Morgan fingerprint density at radius 1 is 1.15 bits per heavy atom. The number of esters is 1. The number of ketones is 1. The van der Waals surface area contributed by atoms with Crippen molar-refractivity contribution in [2.45, 2.75) is 0 Å². The molecule has 0 unspecified atom stereocenters. The van der Waals surface area contributed by atoms with Crippen LogP contribution < -0.4 is 5.63 Å². The van der Waals surface area contributed by atoms with Crippen LogP contribution in [0.3, 0.4) is 0 Å². The Kier molecular flexibility index (Phi) is 5.13. The zero-order chi connectivity index (χ0) is 19.6. The second kappa shape index (κ2) is 7.50. The number of nitrogens with zero attached hydrogens (tertiary/aromatic N) is 1. The van der Waals surface area contributed by atoms with E-state index >= 15 is 0 Å². The molecule has 0 spiro atoms. The number of hydrogen-bond acceptors (Lipinski definition) is 7. The van der Waals surface area contributed by atoms with Gasteiger partial charge in [0.2, 0.25) is 5.78 Å². The highest BCUT2D eigenvalue weighted by atomic mass is 79.9. The Bertz CT molecular complexity index is 1140. The molecule has 0 N–H and O–H groups in total. The van der Waals surface area contributed by atoms with Gasteiger partial charge in [-0.25, -0.2) is 9.59 Å². The highest BCUT2D eigenvalue weighted by molar-refractivity contribution is 9.10. The molecule has 0 aliphatic heterocycles. The Balaban J connectivity index is 1.77. The lowest BCUT2D eigenvalue weighted by Crippen LogP contribution is -2.20. The number of non-ortho nitro benzene ring substituents is 1. The summed E-state index contributed by atoms with van der Waals surface area (Å²) < 4.78 is 10.7. The van der Waals surface area contributed by atoms with E-state index in [9.17, 15) is 24.5 Å². The van der Waals surface area contributed by atoms with Crippen molar-refractivity contribution >= 4 is 44.3 Å². The summed E-state index contributed by atoms with van der Waals surface area (Å²) in [4.78, 5) is 46.3. The van der Waals surface area contributed by atoms with Gasteiger partial charge in [0.05, 0.1) is 4.92 Å². The molecule has 0 amide bonds. The topological polar surface area (TPSA) is 117 Å². The Labute approximate surface area is 159 Å². The average molecular weight is 432 g/mol. The van der Waals surface area contributed by atoms with Gasteiger partial charge >= 0.3 is 11.6 Å². The predicted molar refractivity (Wildman–Crippen MR) is 97.9 cm³/mol. The third-order valence-electron chi connectivity index (χ3n) is 3.63. The number of fused-ring (bicyclic) bond motifs is 1. The first-order valence-corrected chi connectivity index (χ1v) is 8.32. The van der Waals surface area contributed by atoms with Gasteiger partial charge in [-0.05, 0) is 24.3 Å². The van der Waals surface area contributed by atoms with Crippen LogP contribution in [0.25, 0.3) is 11.0 Å². The van der Waals surface area contributed by atoms with Gasteiger partial charge in [-0.2, -0.15) is 0 Å². The molecule has 3 aromatic rings. The van der Waals surface area contributed by atoms with E-state index in [1.54, 1.807) is 18.2 Å². The fraction of sp³-hybridized carbons (Fsp3) is 0.0556. The molecule has 0 saturated heterocycles. The Morgan fingerprint density at radius 3 is 2.67 bits per heavy atom. The maximum atomic E-state index is 12.2. The number of benzene rings is 2. The van der Waals surface area contributed by atoms with Crippen LogP contribution in [0.1, 0.15) is 20.7 Å². The number of nitro benzene ring substituents is 1. The summed E-state index contributed by atoms with van der Waals surface area (Å²) in [6, 6.07) is 11.3. The van der Waals surface area contributed by atoms with Crippen LogP contribution in [0.5, 0.6) is 0 Å². The fourth-order valence-electron chi connectivity index (χ4n) is 2.32. The van der Waals surface area contributed by atoms with E-state index in [-0.39, 0.29) is 16.8 Å².